The Balaban J connectivity index is 2.27. The first kappa shape index (κ1) is 66.0. The van der Waals surface area contributed by atoms with Gasteiger partial charge in [-0.15, -0.1) is 0 Å². The highest BCUT2D eigenvalue weighted by Crippen LogP contribution is 2.44. The zero-order valence-corrected chi connectivity index (χ0v) is 47.8. The van der Waals surface area contributed by atoms with Crippen LogP contribution in [0.4, 0.5) is 0 Å². The Morgan fingerprint density at radius 2 is 1.31 bits per heavy atom. The molecule has 3 rings (SSSR count). The van der Waals surface area contributed by atoms with Gasteiger partial charge < -0.3 is 66.7 Å². The van der Waals surface area contributed by atoms with Crippen LogP contribution in [0.3, 0.4) is 0 Å². The Kier molecular flexibility index (Phi) is 26.4. The molecule has 0 aromatic carbocycles. The van der Waals surface area contributed by atoms with E-state index in [4.69, 9.17) is 61.6 Å². The van der Waals surface area contributed by atoms with Crippen molar-refractivity contribution < 1.29 is 100 Å². The molecule has 434 valence electrons. The number of hydrogen-bond acceptors (Lipinski definition) is 21. The number of carbonyl (C=O) groups excluding carboxylic acids is 7. The van der Waals surface area contributed by atoms with Crippen molar-refractivity contribution in [1.82, 2.24) is 0 Å². The number of ether oxygens (including phenoxy) is 13. The summed E-state index contributed by atoms with van der Waals surface area (Å²) in [4.78, 5) is 90.2. The molecular weight excluding hydrogens is 1010 g/mol. The van der Waals surface area contributed by atoms with Crippen LogP contribution in [0.1, 0.15) is 123 Å². The van der Waals surface area contributed by atoms with E-state index in [0.29, 0.717) is 12.0 Å². The predicted molar refractivity (Wildman–Crippen MR) is 276 cm³/mol. The first-order chi connectivity index (χ1) is 36.0. The second-order valence-electron chi connectivity index (χ2n) is 20.2. The van der Waals surface area contributed by atoms with Gasteiger partial charge in [0, 0.05) is 93.1 Å². The van der Waals surface area contributed by atoms with Crippen LogP contribution in [-0.4, -0.2) is 160 Å². The molecule has 0 saturated carbocycles. The number of esters is 7. The highest BCUT2D eigenvalue weighted by Gasteiger charge is 2.60. The SMILES string of the molecule is COC[C@@H](C[C@H]1O[C@@](O)([C@H](OC(C)=O)[C@@H]2C[C@H](OC)[C@@H](OC(C)=O)CC/C=C(C)/C=C/[C@@H](O[C@@H]3O[C@@H](C)[C@H](OC)[C@@H](OC(C)=O)[C@@H]3OC(C)=O)[C@H](C)/C=C(C)/C=C(C)/C=C(\C)C(=O)O2)[C@H](C)[C@@H](OC(C)=O)[C@H]1C)OC(C)=O. The summed E-state index contributed by atoms with van der Waals surface area (Å²) < 4.78 is 77.3. The van der Waals surface area contributed by atoms with Crippen molar-refractivity contribution >= 4 is 41.8 Å². The van der Waals surface area contributed by atoms with Crippen molar-refractivity contribution in [1.29, 1.82) is 0 Å². The van der Waals surface area contributed by atoms with Crippen molar-refractivity contribution in [2.75, 3.05) is 27.9 Å². The van der Waals surface area contributed by atoms with Crippen molar-refractivity contribution in [3.63, 3.8) is 0 Å². The summed E-state index contributed by atoms with van der Waals surface area (Å²) in [7, 11) is 4.21. The molecule has 0 aliphatic carbocycles. The predicted octanol–water partition coefficient (Wildman–Crippen LogP) is 6.21. The zero-order valence-electron chi connectivity index (χ0n) is 47.8. The third-order valence-corrected chi connectivity index (χ3v) is 13.5. The molecule has 0 spiro atoms. The molecule has 3 heterocycles. The van der Waals surface area contributed by atoms with Crippen LogP contribution in [0.25, 0.3) is 0 Å². The second-order valence-corrected chi connectivity index (χ2v) is 20.2. The third-order valence-electron chi connectivity index (χ3n) is 13.5. The largest absolute Gasteiger partial charge is 0.462 e. The van der Waals surface area contributed by atoms with Crippen LogP contribution in [0, 0.1) is 17.8 Å². The van der Waals surface area contributed by atoms with E-state index in [9.17, 15) is 38.7 Å². The van der Waals surface area contributed by atoms with Gasteiger partial charge in [-0.05, 0) is 53.5 Å². The number of methoxy groups -OCH3 is 3. The molecule has 21 heteroatoms. The standard InChI is InChI=1S/C56H84O21/c1-29-19-18-20-45(70-38(10)58)47(66-16)27-48(53(74-42(14)62)56(64)35(7)49(71-39(11)59)34(6)46(77-56)26-43(28-65-15)69-37(9)57)75-54(63)33(5)25-31(3)23-30(2)24-32(4)44(22-21-29)76-55-52(73-41(13)61)51(72-40(12)60)50(67-17)36(8)68-55/h19,21-25,32,34-36,43-53,55,64H,18,20,26-28H2,1-17H3/b22-21+,29-19+,30-24+,31-23+,33-25+/t32-,34+,35-,36+,43-,44-,45+,46-,47+,48+,49+,50+,51-,52+,53-,55+,56-/m1/s1. The Labute approximate surface area is 453 Å². The third kappa shape index (κ3) is 19.8. The molecule has 2 saturated heterocycles. The van der Waals surface area contributed by atoms with Crippen LogP contribution in [0.2, 0.25) is 0 Å². The van der Waals surface area contributed by atoms with Gasteiger partial charge in [-0.2, -0.15) is 0 Å². The lowest BCUT2D eigenvalue weighted by molar-refractivity contribution is -0.363. The van der Waals surface area contributed by atoms with Gasteiger partial charge in [0.1, 0.15) is 30.5 Å². The molecule has 1 N–H and O–H groups in total. The molecule has 21 nitrogen and oxygen atoms in total. The van der Waals surface area contributed by atoms with Crippen LogP contribution in [0.15, 0.2) is 58.7 Å². The van der Waals surface area contributed by atoms with Crippen molar-refractivity contribution in [3.8, 4) is 0 Å². The van der Waals surface area contributed by atoms with Gasteiger partial charge in [-0.25, -0.2) is 4.79 Å². The van der Waals surface area contributed by atoms with E-state index < -0.39 is 145 Å². The summed E-state index contributed by atoms with van der Waals surface area (Å²) in [6, 6.07) is 0. The molecule has 0 radical (unpaired) electrons. The number of carbonyl (C=O) groups is 7. The Hall–Kier alpha value is -5.29. The number of cyclic esters (lactones) is 1. The van der Waals surface area contributed by atoms with Gasteiger partial charge in [0.15, 0.2) is 24.6 Å². The van der Waals surface area contributed by atoms with Gasteiger partial charge >= 0.3 is 41.8 Å². The van der Waals surface area contributed by atoms with Gasteiger partial charge in [-0.3, -0.25) is 28.8 Å². The molecule has 3 aliphatic rings. The molecule has 0 unspecified atom stereocenters. The van der Waals surface area contributed by atoms with E-state index in [1.165, 1.54) is 69.8 Å². The van der Waals surface area contributed by atoms with Gasteiger partial charge in [-0.1, -0.05) is 67.9 Å². The summed E-state index contributed by atoms with van der Waals surface area (Å²) in [5.41, 5.74) is 2.22. The van der Waals surface area contributed by atoms with Crippen molar-refractivity contribution in [2.24, 2.45) is 17.8 Å². The van der Waals surface area contributed by atoms with Crippen molar-refractivity contribution in [3.05, 3.63) is 58.7 Å². The van der Waals surface area contributed by atoms with E-state index in [-0.39, 0.29) is 31.4 Å². The number of hydrogen-bond donors (Lipinski definition) is 1. The van der Waals surface area contributed by atoms with E-state index in [0.717, 1.165) is 18.1 Å². The number of aliphatic hydroxyl groups is 1. The number of allylic oxidation sites excluding steroid dienone is 7. The second kappa shape index (κ2) is 30.7. The molecule has 0 aromatic rings. The summed E-state index contributed by atoms with van der Waals surface area (Å²) in [6.45, 7) is 21.1. The van der Waals surface area contributed by atoms with Gasteiger partial charge in [0.2, 0.25) is 5.79 Å². The van der Waals surface area contributed by atoms with Crippen LogP contribution >= 0.6 is 0 Å². The number of rotatable bonds is 16. The zero-order chi connectivity index (χ0) is 58.1. The van der Waals surface area contributed by atoms with E-state index in [1.54, 1.807) is 26.8 Å². The normalized spacial score (nSPS) is 35.8. The molecule has 2 fully saturated rings. The highest BCUT2D eigenvalue weighted by atomic mass is 16.7. The highest BCUT2D eigenvalue weighted by molar-refractivity contribution is 5.88. The average molecular weight is 1090 g/mol. The van der Waals surface area contributed by atoms with Gasteiger partial charge in [0.25, 0.3) is 0 Å². The topological polar surface area (TPSA) is 260 Å². The lowest BCUT2D eigenvalue weighted by Crippen LogP contribution is -2.67. The monoisotopic (exact) mass is 1090 g/mol. The molecule has 17 atom stereocenters. The molecule has 0 bridgehead atoms. The lowest BCUT2D eigenvalue weighted by Gasteiger charge is -2.52. The van der Waals surface area contributed by atoms with Crippen LogP contribution < -0.4 is 0 Å². The first-order valence-corrected chi connectivity index (χ1v) is 25.9. The fraction of sp³-hybridized carbons (Fsp3) is 0.696. The maximum absolute atomic E-state index is 14.5. The Bertz CT molecular complexity index is 2200. The molecule has 0 aromatic heterocycles. The summed E-state index contributed by atoms with van der Waals surface area (Å²) in [5, 5.41) is 13.1. The molecule has 77 heavy (non-hydrogen) atoms. The molecule has 3 aliphatic heterocycles. The Morgan fingerprint density at radius 1 is 0.714 bits per heavy atom. The maximum atomic E-state index is 14.5. The molecular formula is C56H84O21. The Morgan fingerprint density at radius 3 is 1.87 bits per heavy atom. The lowest BCUT2D eigenvalue weighted by atomic mass is 9.75. The minimum atomic E-state index is -2.58. The quantitative estimate of drug-likeness (QED) is 0.133. The molecule has 0 amide bonds. The van der Waals surface area contributed by atoms with E-state index in [2.05, 4.69) is 0 Å². The minimum absolute atomic E-state index is 0.0575. The minimum Gasteiger partial charge on any atom is -0.462 e. The summed E-state index contributed by atoms with van der Waals surface area (Å²) in [5.74, 6) is -9.81. The van der Waals surface area contributed by atoms with Crippen LogP contribution in [0.5, 0.6) is 0 Å². The fourth-order valence-corrected chi connectivity index (χ4v) is 10.1. The summed E-state index contributed by atoms with van der Waals surface area (Å²) >= 11 is 0. The summed E-state index contributed by atoms with van der Waals surface area (Å²) in [6.07, 6.45) is -3.34. The smallest absolute Gasteiger partial charge is 0.334 e. The maximum Gasteiger partial charge on any atom is 0.334 e. The fourth-order valence-electron chi connectivity index (χ4n) is 10.1. The van der Waals surface area contributed by atoms with Crippen molar-refractivity contribution in [2.45, 2.75) is 208 Å². The van der Waals surface area contributed by atoms with E-state index in [1.807, 2.05) is 51.2 Å². The van der Waals surface area contributed by atoms with Gasteiger partial charge in [0.05, 0.1) is 36.9 Å². The average Bonchev–Trinajstić information content (AvgIpc) is 3.31. The van der Waals surface area contributed by atoms with Crippen LogP contribution in [-0.2, 0) is 95.1 Å². The van der Waals surface area contributed by atoms with E-state index >= 15 is 0 Å². The first-order valence-electron chi connectivity index (χ1n) is 25.9.